The van der Waals surface area contributed by atoms with Crippen molar-refractivity contribution in [3.63, 3.8) is 0 Å². The van der Waals surface area contributed by atoms with Crippen molar-refractivity contribution in [3.05, 3.63) is 247 Å². The molecule has 0 atom stereocenters. The second-order valence-electron chi connectivity index (χ2n) is 19.3. The fraction of sp³-hybridized carbons (Fsp3) is 0.175. The highest BCUT2D eigenvalue weighted by atomic mass is 35.5. The number of hydrogen-bond donors (Lipinski definition) is 0. The quantitative estimate of drug-likeness (QED) is 0.164. The van der Waals surface area contributed by atoms with Gasteiger partial charge in [0.25, 0.3) is 17.7 Å². The molecular formula is C63H50ClF9N4O4. The first kappa shape index (κ1) is 58.4. The summed E-state index contributed by atoms with van der Waals surface area (Å²) in [6.45, 7) is 9.01. The Hall–Kier alpha value is -8.70. The van der Waals surface area contributed by atoms with Gasteiger partial charge in [0.2, 0.25) is 5.89 Å². The predicted molar refractivity (Wildman–Crippen MR) is 295 cm³/mol. The molecule has 0 bridgehead atoms. The predicted octanol–water partition coefficient (Wildman–Crippen LogP) is 17.6. The third-order valence-electron chi connectivity index (χ3n) is 13.3. The van der Waals surface area contributed by atoms with Gasteiger partial charge in [-0.05, 0) is 165 Å². The number of rotatable bonds is 4. The van der Waals surface area contributed by atoms with Crippen LogP contribution >= 0.6 is 11.6 Å². The van der Waals surface area contributed by atoms with Gasteiger partial charge in [-0.15, -0.1) is 0 Å². The number of benzene rings is 8. The molecule has 0 N–H and O–H groups in total. The molecule has 0 unspecified atom stereocenters. The van der Waals surface area contributed by atoms with Crippen LogP contribution in [0.1, 0.15) is 94.1 Å². The normalized spacial score (nSPS) is 13.6. The van der Waals surface area contributed by atoms with Crippen LogP contribution in [0.3, 0.4) is 0 Å². The zero-order valence-corrected chi connectivity index (χ0v) is 43.7. The molecule has 3 aliphatic rings. The van der Waals surface area contributed by atoms with E-state index in [0.717, 1.165) is 86.6 Å². The number of aryl methyl sites for hydroxylation is 4. The number of anilines is 3. The first-order valence-electron chi connectivity index (χ1n) is 24.7. The van der Waals surface area contributed by atoms with E-state index in [-0.39, 0.29) is 36.7 Å². The lowest BCUT2D eigenvalue weighted by Gasteiger charge is -2.17. The molecule has 416 valence electrons. The maximum absolute atomic E-state index is 12.8. The molecule has 0 radical (unpaired) electrons. The summed E-state index contributed by atoms with van der Waals surface area (Å²) in [6, 6.07) is 44.4. The maximum Gasteiger partial charge on any atom is 0.416 e. The zero-order chi connectivity index (χ0) is 57.4. The minimum absolute atomic E-state index is 0. The lowest BCUT2D eigenvalue weighted by Crippen LogP contribution is -2.23. The zero-order valence-electron chi connectivity index (χ0n) is 43.0. The number of nitrogens with zero attached hydrogens (tertiary/aromatic N) is 4. The minimum Gasteiger partial charge on any atom is -0.436 e. The van der Waals surface area contributed by atoms with Gasteiger partial charge in [0.15, 0.2) is 5.58 Å². The standard InChI is InChI=1S/2C16H12F3NO.C15H12ClNO.C15H10F3NO.CH4/c1-10-2-3-11-9-20(15(21)14(11)8-10)13-6-4-12(5-7-13)16(17,18)19;1-10-5-6-11-9-20(15(21)14(11)7-10)13-4-2-3-12(8-13)16(17,18)19;1-10-2-3-11-9-17(15(18)14(11)8-10)13-6-4-12(16)5-7-13;1-9-5-6-13-12(7-9)19-14(20-13)10-3-2-4-11(8-10)15(16,17)18;/h2*2-8H,9H2,1H3;2-8H,9H2,1H3;2-8H,1H3;1H4. The SMILES string of the molecule is C.Cc1ccc2c(c1)C(=O)N(c1ccc(C(F)(F)F)cc1)C2.Cc1ccc2c(c1)C(=O)N(c1ccc(Cl)cc1)C2.Cc1ccc2c(c1)C(=O)N(c1cccc(C(F)(F)F)c1)C2.Cc1ccc2oc(-c3cccc(C(F)(F)F)c3)nc2c1. The highest BCUT2D eigenvalue weighted by molar-refractivity contribution is 6.30. The smallest absolute Gasteiger partial charge is 0.416 e. The summed E-state index contributed by atoms with van der Waals surface area (Å²) in [4.78, 5) is 45.9. The molecule has 0 saturated heterocycles. The molecule has 3 aliphatic heterocycles. The molecule has 0 saturated carbocycles. The number of hydrogen-bond acceptors (Lipinski definition) is 5. The second kappa shape index (κ2) is 23.2. The number of halogens is 10. The van der Waals surface area contributed by atoms with Crippen molar-refractivity contribution in [2.75, 3.05) is 14.7 Å². The fourth-order valence-electron chi connectivity index (χ4n) is 9.16. The summed E-state index contributed by atoms with van der Waals surface area (Å²) < 4.78 is 120. The Kier molecular flexibility index (Phi) is 16.7. The minimum atomic E-state index is -4.41. The van der Waals surface area contributed by atoms with Crippen LogP contribution in [0.2, 0.25) is 5.02 Å². The Labute approximate surface area is 465 Å². The van der Waals surface area contributed by atoms with E-state index in [1.54, 1.807) is 35.2 Å². The number of aromatic nitrogens is 1. The van der Waals surface area contributed by atoms with Crippen molar-refractivity contribution in [2.45, 2.75) is 73.3 Å². The van der Waals surface area contributed by atoms with Crippen molar-refractivity contribution in [2.24, 2.45) is 0 Å². The molecule has 8 aromatic carbocycles. The third-order valence-corrected chi connectivity index (χ3v) is 13.6. The highest BCUT2D eigenvalue weighted by Gasteiger charge is 2.35. The van der Waals surface area contributed by atoms with Crippen molar-refractivity contribution < 1.29 is 58.3 Å². The van der Waals surface area contributed by atoms with E-state index < -0.39 is 35.2 Å². The average Bonchev–Trinajstić information content (AvgIpc) is 4.21. The van der Waals surface area contributed by atoms with Crippen LogP contribution < -0.4 is 14.7 Å². The summed E-state index contributed by atoms with van der Waals surface area (Å²) in [7, 11) is 0. The van der Waals surface area contributed by atoms with Crippen LogP contribution in [0.15, 0.2) is 174 Å². The van der Waals surface area contributed by atoms with Crippen LogP contribution in [0.25, 0.3) is 22.6 Å². The number of carbonyl (C=O) groups is 3. The van der Waals surface area contributed by atoms with Gasteiger partial charge >= 0.3 is 18.5 Å². The first-order chi connectivity index (χ1) is 37.8. The fourth-order valence-corrected chi connectivity index (χ4v) is 9.29. The van der Waals surface area contributed by atoms with Gasteiger partial charge in [0.1, 0.15) is 5.52 Å². The van der Waals surface area contributed by atoms with Gasteiger partial charge in [-0.25, -0.2) is 4.98 Å². The van der Waals surface area contributed by atoms with Crippen LogP contribution in [0.4, 0.5) is 56.6 Å². The topological polar surface area (TPSA) is 87.0 Å². The van der Waals surface area contributed by atoms with E-state index >= 15 is 0 Å². The summed E-state index contributed by atoms with van der Waals surface area (Å²) in [5, 5.41) is 0.679. The lowest BCUT2D eigenvalue weighted by atomic mass is 10.1. The van der Waals surface area contributed by atoms with Crippen molar-refractivity contribution in [3.8, 4) is 11.5 Å². The van der Waals surface area contributed by atoms with Gasteiger partial charge < -0.3 is 19.1 Å². The Morgan fingerprint density at radius 2 is 0.827 bits per heavy atom. The maximum atomic E-state index is 12.8. The monoisotopic (exact) mass is 1130 g/mol. The molecule has 8 nitrogen and oxygen atoms in total. The van der Waals surface area contributed by atoms with Gasteiger partial charge in [-0.1, -0.05) is 90.3 Å². The van der Waals surface area contributed by atoms with Gasteiger partial charge in [0.05, 0.1) is 36.3 Å². The average molecular weight is 1130 g/mol. The molecule has 12 rings (SSSR count). The number of amides is 3. The number of carbonyl (C=O) groups excluding carboxylic acids is 3. The summed E-state index contributed by atoms with van der Waals surface area (Å²) in [5.74, 6) is -0.172. The Morgan fingerprint density at radius 3 is 1.28 bits per heavy atom. The molecule has 1 aromatic heterocycles. The van der Waals surface area contributed by atoms with Gasteiger partial charge in [0, 0.05) is 44.3 Å². The largest absolute Gasteiger partial charge is 0.436 e. The molecular weight excluding hydrogens is 1080 g/mol. The molecule has 9 aromatic rings. The lowest BCUT2D eigenvalue weighted by molar-refractivity contribution is -0.138. The van der Waals surface area contributed by atoms with E-state index in [9.17, 15) is 53.9 Å². The Morgan fingerprint density at radius 1 is 0.432 bits per heavy atom. The molecule has 18 heteroatoms. The van der Waals surface area contributed by atoms with Crippen molar-refractivity contribution >= 4 is 57.5 Å². The van der Waals surface area contributed by atoms with Crippen LogP contribution in [-0.4, -0.2) is 22.7 Å². The number of alkyl halides is 9. The summed E-state index contributed by atoms with van der Waals surface area (Å²) >= 11 is 5.86. The van der Waals surface area contributed by atoms with Crippen LogP contribution in [0.5, 0.6) is 0 Å². The van der Waals surface area contributed by atoms with Crippen molar-refractivity contribution in [1.29, 1.82) is 0 Å². The van der Waals surface area contributed by atoms with Gasteiger partial charge in [-0.2, -0.15) is 39.5 Å². The third kappa shape index (κ3) is 13.2. The summed E-state index contributed by atoms with van der Waals surface area (Å²) in [5.41, 5.74) is 9.82. The Balaban J connectivity index is 0.000000141. The van der Waals surface area contributed by atoms with Crippen LogP contribution in [-0.2, 0) is 38.2 Å². The first-order valence-corrected chi connectivity index (χ1v) is 25.1. The van der Waals surface area contributed by atoms with E-state index in [2.05, 4.69) is 4.98 Å². The molecule has 0 spiro atoms. The van der Waals surface area contributed by atoms with E-state index in [1.165, 1.54) is 40.1 Å². The van der Waals surface area contributed by atoms with E-state index in [4.69, 9.17) is 16.0 Å². The molecule has 4 heterocycles. The molecule has 0 fully saturated rings. The second-order valence-corrected chi connectivity index (χ2v) is 19.7. The van der Waals surface area contributed by atoms with Crippen molar-refractivity contribution in [1.82, 2.24) is 4.98 Å². The Bertz CT molecular complexity index is 3820. The summed E-state index contributed by atoms with van der Waals surface area (Å²) in [6.07, 6.45) is -13.2. The van der Waals surface area contributed by atoms with E-state index in [1.807, 2.05) is 100 Å². The molecule has 0 aliphatic carbocycles. The number of fused-ring (bicyclic) bond motifs is 4. The van der Waals surface area contributed by atoms with Gasteiger partial charge in [-0.3, -0.25) is 14.4 Å². The molecule has 3 amide bonds. The number of oxazole rings is 1. The molecule has 81 heavy (non-hydrogen) atoms. The highest BCUT2D eigenvalue weighted by Crippen LogP contribution is 2.38. The van der Waals surface area contributed by atoms with E-state index in [0.29, 0.717) is 58.1 Å². The van der Waals surface area contributed by atoms with Crippen LogP contribution in [0, 0.1) is 27.7 Å².